The van der Waals surface area contributed by atoms with Crippen molar-refractivity contribution in [3.05, 3.63) is 21.0 Å². The maximum atomic E-state index is 8.45. The summed E-state index contributed by atoms with van der Waals surface area (Å²) in [6.45, 7) is 0. The van der Waals surface area contributed by atoms with Crippen LogP contribution in [0.4, 0.5) is 0 Å². The second-order valence-electron chi connectivity index (χ2n) is 1.87. The van der Waals surface area contributed by atoms with E-state index in [1.54, 1.807) is 0 Å². The number of rotatable bonds is 1. The number of hydrogen-bond acceptors (Lipinski definition) is 3. The zero-order valence-corrected chi connectivity index (χ0v) is 8.52. The number of nitrogens with two attached hydrogens (primary N) is 1. The van der Waals surface area contributed by atoms with Crippen molar-refractivity contribution in [1.29, 1.82) is 5.26 Å². The lowest BCUT2D eigenvalue weighted by Gasteiger charge is -1.96. The Labute approximate surface area is 80.4 Å². The fourth-order valence-corrected chi connectivity index (χ4v) is 1.33. The quantitative estimate of drug-likeness (QED) is 0.858. The molecule has 5 heteroatoms. The van der Waals surface area contributed by atoms with Crippen molar-refractivity contribution in [2.75, 3.05) is 0 Å². The molecule has 1 atom stereocenters. The monoisotopic (exact) mass is 278 g/mol. The van der Waals surface area contributed by atoms with Gasteiger partial charge < -0.3 is 10.2 Å². The summed E-state index contributed by atoms with van der Waals surface area (Å²) in [4.78, 5) is 0. The Hall–Kier alpha value is -0.310. The first-order valence-corrected chi connectivity index (χ1v) is 4.33. The van der Waals surface area contributed by atoms with Crippen LogP contribution in [0.15, 0.2) is 19.6 Å². The normalized spacial score (nSPS) is 12.5. The van der Waals surface area contributed by atoms with Crippen LogP contribution in [0.2, 0.25) is 0 Å². The van der Waals surface area contributed by atoms with Crippen LogP contribution >= 0.6 is 31.9 Å². The van der Waals surface area contributed by atoms with Gasteiger partial charge in [0.15, 0.2) is 6.04 Å². The highest BCUT2D eigenvalue weighted by molar-refractivity contribution is 9.13. The molecule has 0 saturated carbocycles. The van der Waals surface area contributed by atoms with Gasteiger partial charge in [0.05, 0.1) is 15.0 Å². The van der Waals surface area contributed by atoms with E-state index in [1.807, 2.05) is 6.07 Å². The third-order valence-corrected chi connectivity index (χ3v) is 3.07. The fourth-order valence-electron chi connectivity index (χ4n) is 0.605. The average Bonchev–Trinajstić information content (AvgIpc) is 2.32. The Morgan fingerprint density at radius 1 is 1.64 bits per heavy atom. The minimum Gasteiger partial charge on any atom is -0.464 e. The van der Waals surface area contributed by atoms with Gasteiger partial charge >= 0.3 is 0 Å². The van der Waals surface area contributed by atoms with Crippen LogP contribution < -0.4 is 5.73 Å². The molecule has 0 aliphatic heterocycles. The molecule has 1 aromatic heterocycles. The van der Waals surface area contributed by atoms with Gasteiger partial charge in [-0.15, -0.1) is 0 Å². The standard InChI is InChI=1S/C6H4Br2N2O/c7-3-2-11-6(5(3)8)4(10)1-9/h2,4H,10H2. The Bertz CT molecular complexity index is 302. The summed E-state index contributed by atoms with van der Waals surface area (Å²) in [6, 6.07) is 1.16. The second-order valence-corrected chi connectivity index (χ2v) is 3.52. The van der Waals surface area contributed by atoms with Crippen molar-refractivity contribution in [2.45, 2.75) is 6.04 Å². The molecule has 11 heavy (non-hydrogen) atoms. The molecule has 0 bridgehead atoms. The number of furan rings is 1. The molecule has 1 heterocycles. The van der Waals surface area contributed by atoms with Crippen LogP contribution in [0.5, 0.6) is 0 Å². The van der Waals surface area contributed by atoms with Gasteiger partial charge in [-0.3, -0.25) is 0 Å². The van der Waals surface area contributed by atoms with Crippen molar-refractivity contribution >= 4 is 31.9 Å². The number of halogens is 2. The van der Waals surface area contributed by atoms with Crippen LogP contribution in [-0.4, -0.2) is 0 Å². The van der Waals surface area contributed by atoms with Crippen LogP contribution in [0.1, 0.15) is 11.8 Å². The highest BCUT2D eigenvalue weighted by Gasteiger charge is 2.15. The maximum Gasteiger partial charge on any atom is 0.153 e. The van der Waals surface area contributed by atoms with Crippen molar-refractivity contribution in [1.82, 2.24) is 0 Å². The van der Waals surface area contributed by atoms with Gasteiger partial charge in [0.25, 0.3) is 0 Å². The summed E-state index contributed by atoms with van der Waals surface area (Å²) < 4.78 is 6.47. The molecule has 1 aromatic rings. The molecule has 0 amide bonds. The highest BCUT2D eigenvalue weighted by Crippen LogP contribution is 2.31. The molecule has 0 fully saturated rings. The first-order chi connectivity index (χ1) is 5.16. The van der Waals surface area contributed by atoms with Crippen molar-refractivity contribution < 1.29 is 4.42 Å². The molecule has 0 aliphatic rings. The first-order valence-electron chi connectivity index (χ1n) is 2.74. The smallest absolute Gasteiger partial charge is 0.153 e. The lowest BCUT2D eigenvalue weighted by Crippen LogP contribution is -2.06. The van der Waals surface area contributed by atoms with Crippen LogP contribution in [-0.2, 0) is 0 Å². The zero-order chi connectivity index (χ0) is 8.43. The summed E-state index contributed by atoms with van der Waals surface area (Å²) in [7, 11) is 0. The molecule has 0 aliphatic carbocycles. The predicted octanol–water partition coefficient (Wildman–Crippen LogP) is 2.33. The van der Waals surface area contributed by atoms with Crippen LogP contribution in [0, 0.1) is 11.3 Å². The molecule has 2 N–H and O–H groups in total. The van der Waals surface area contributed by atoms with Gasteiger partial charge in [-0.2, -0.15) is 5.26 Å². The van der Waals surface area contributed by atoms with Crippen molar-refractivity contribution in [3.63, 3.8) is 0 Å². The molecule has 0 saturated heterocycles. The molecule has 3 nitrogen and oxygen atoms in total. The summed E-state index contributed by atoms with van der Waals surface area (Å²) in [5.74, 6) is 0.444. The largest absolute Gasteiger partial charge is 0.464 e. The van der Waals surface area contributed by atoms with Crippen LogP contribution in [0.3, 0.4) is 0 Å². The summed E-state index contributed by atoms with van der Waals surface area (Å²) >= 11 is 6.43. The Balaban J connectivity index is 3.07. The van der Waals surface area contributed by atoms with Crippen molar-refractivity contribution in [3.8, 4) is 6.07 Å². The van der Waals surface area contributed by atoms with E-state index in [-0.39, 0.29) is 0 Å². The average molecular weight is 280 g/mol. The molecule has 1 unspecified atom stereocenters. The third kappa shape index (κ3) is 1.64. The Kier molecular flexibility index (Phi) is 2.71. The summed E-state index contributed by atoms with van der Waals surface area (Å²) in [6.07, 6.45) is 1.48. The third-order valence-electron chi connectivity index (χ3n) is 1.14. The minimum atomic E-state index is -0.712. The van der Waals surface area contributed by atoms with Gasteiger partial charge in [-0.25, -0.2) is 0 Å². The predicted molar refractivity (Wildman–Crippen MR) is 46.6 cm³/mol. The number of hydrogen-bond donors (Lipinski definition) is 1. The SMILES string of the molecule is N#CC(N)c1occ(Br)c1Br. The molecular weight excluding hydrogens is 276 g/mol. The minimum absolute atomic E-state index is 0.444. The maximum absolute atomic E-state index is 8.45. The Morgan fingerprint density at radius 2 is 2.27 bits per heavy atom. The molecule has 1 rings (SSSR count). The molecule has 58 valence electrons. The molecule has 0 spiro atoms. The molecular formula is C6H4Br2N2O. The molecule has 0 radical (unpaired) electrons. The lowest BCUT2D eigenvalue weighted by atomic mass is 10.3. The van der Waals surface area contributed by atoms with Gasteiger partial charge in [0, 0.05) is 0 Å². The fraction of sp³-hybridized carbons (Fsp3) is 0.167. The van der Waals surface area contributed by atoms with Crippen LogP contribution in [0.25, 0.3) is 0 Å². The van der Waals surface area contributed by atoms with E-state index >= 15 is 0 Å². The number of nitriles is 1. The van der Waals surface area contributed by atoms with Gasteiger partial charge in [0.2, 0.25) is 0 Å². The molecule has 0 aromatic carbocycles. The summed E-state index contributed by atoms with van der Waals surface area (Å²) in [5.41, 5.74) is 5.40. The second kappa shape index (κ2) is 3.39. The number of nitrogens with zero attached hydrogens (tertiary/aromatic N) is 1. The first kappa shape index (κ1) is 8.78. The zero-order valence-electron chi connectivity index (χ0n) is 5.34. The van der Waals surface area contributed by atoms with E-state index in [0.29, 0.717) is 10.2 Å². The van der Waals surface area contributed by atoms with E-state index in [1.165, 1.54) is 6.26 Å². The van der Waals surface area contributed by atoms with Gasteiger partial charge in [-0.1, -0.05) is 0 Å². The van der Waals surface area contributed by atoms with Gasteiger partial charge in [-0.05, 0) is 31.9 Å². The topological polar surface area (TPSA) is 63.0 Å². The Morgan fingerprint density at radius 3 is 2.64 bits per heavy atom. The van der Waals surface area contributed by atoms with E-state index in [4.69, 9.17) is 15.4 Å². The highest BCUT2D eigenvalue weighted by atomic mass is 79.9. The van der Waals surface area contributed by atoms with E-state index < -0.39 is 6.04 Å². The summed E-state index contributed by atoms with van der Waals surface area (Å²) in [5, 5.41) is 8.45. The van der Waals surface area contributed by atoms with E-state index in [0.717, 1.165) is 4.47 Å². The van der Waals surface area contributed by atoms with E-state index in [9.17, 15) is 0 Å². The lowest BCUT2D eigenvalue weighted by molar-refractivity contribution is 0.494. The van der Waals surface area contributed by atoms with Crippen molar-refractivity contribution in [2.24, 2.45) is 5.73 Å². The van der Waals surface area contributed by atoms with E-state index in [2.05, 4.69) is 31.9 Å². The van der Waals surface area contributed by atoms with Gasteiger partial charge in [0.1, 0.15) is 12.0 Å².